The minimum Gasteiger partial charge on any atom is -0.378 e. The number of hydrogen-bond acceptors (Lipinski definition) is 8. The quantitative estimate of drug-likeness (QED) is 0.492. The maximum absolute atomic E-state index is 6.33. The molecule has 11 heteroatoms. The molecule has 4 heterocycles. The Balaban J connectivity index is 1.49. The van der Waals surface area contributed by atoms with E-state index in [4.69, 9.17) is 27.9 Å². The fourth-order valence-corrected chi connectivity index (χ4v) is 3.84. The van der Waals surface area contributed by atoms with E-state index >= 15 is 0 Å². The van der Waals surface area contributed by atoms with Crippen LogP contribution in [0.5, 0.6) is 0 Å². The van der Waals surface area contributed by atoms with Gasteiger partial charge in [0.15, 0.2) is 17.0 Å². The van der Waals surface area contributed by atoms with Crippen molar-refractivity contribution < 1.29 is 4.74 Å². The first-order valence-corrected chi connectivity index (χ1v) is 10.0. The molecule has 1 aromatic carbocycles. The molecule has 0 saturated carbocycles. The van der Waals surface area contributed by atoms with E-state index in [-0.39, 0.29) is 0 Å². The Kier molecular flexibility index (Phi) is 5.07. The smallest absolute Gasteiger partial charge is 0.163 e. The summed E-state index contributed by atoms with van der Waals surface area (Å²) < 4.78 is 5.40. The molecule has 5 rings (SSSR count). The number of hydrogen-bond donors (Lipinski definition) is 2. The molecule has 152 valence electrons. The number of aromatic nitrogens is 6. The fourth-order valence-electron chi connectivity index (χ4n) is 3.26. The van der Waals surface area contributed by atoms with Gasteiger partial charge in [0, 0.05) is 19.2 Å². The molecule has 30 heavy (non-hydrogen) atoms. The van der Waals surface area contributed by atoms with Crippen LogP contribution >= 0.6 is 23.2 Å². The molecule has 4 aromatic rings. The Morgan fingerprint density at radius 1 is 1.00 bits per heavy atom. The summed E-state index contributed by atoms with van der Waals surface area (Å²) in [7, 11) is 0. The monoisotopic (exact) mass is 442 g/mol. The molecular weight excluding hydrogens is 427 g/mol. The van der Waals surface area contributed by atoms with Crippen molar-refractivity contribution in [2.24, 2.45) is 0 Å². The molecule has 0 unspecified atom stereocenters. The van der Waals surface area contributed by atoms with Crippen LogP contribution in [-0.4, -0.2) is 56.2 Å². The highest BCUT2D eigenvalue weighted by atomic mass is 35.5. The van der Waals surface area contributed by atoms with Crippen LogP contribution in [0.4, 0.5) is 17.5 Å². The van der Waals surface area contributed by atoms with Crippen LogP contribution in [0.2, 0.25) is 10.0 Å². The van der Waals surface area contributed by atoms with Crippen molar-refractivity contribution in [2.45, 2.75) is 0 Å². The Labute approximate surface area is 181 Å². The average molecular weight is 443 g/mol. The lowest BCUT2D eigenvalue weighted by molar-refractivity contribution is 0.122. The van der Waals surface area contributed by atoms with Crippen molar-refractivity contribution in [3.63, 3.8) is 0 Å². The number of morpholine rings is 1. The number of rotatable bonds is 4. The number of H-pyrrole nitrogens is 1. The molecule has 2 N–H and O–H groups in total. The number of imidazole rings is 1. The lowest BCUT2D eigenvalue weighted by Crippen LogP contribution is -2.36. The molecule has 9 nitrogen and oxygen atoms in total. The number of nitrogens with one attached hydrogen (secondary N) is 2. The molecule has 0 atom stereocenters. The number of aromatic amines is 1. The van der Waals surface area contributed by atoms with Gasteiger partial charge in [-0.15, -0.1) is 0 Å². The topological polar surface area (TPSA) is 105 Å². The predicted molar refractivity (Wildman–Crippen MR) is 115 cm³/mol. The van der Waals surface area contributed by atoms with Gasteiger partial charge in [0.25, 0.3) is 0 Å². The lowest BCUT2D eigenvalue weighted by Gasteiger charge is -2.27. The van der Waals surface area contributed by atoms with Crippen LogP contribution in [0.25, 0.3) is 22.6 Å². The number of ether oxygens (including phenoxy) is 1. The summed E-state index contributed by atoms with van der Waals surface area (Å²) in [4.78, 5) is 27.2. The van der Waals surface area contributed by atoms with Crippen LogP contribution in [0.15, 0.2) is 36.9 Å². The number of fused-ring (bicyclic) bond motifs is 1. The van der Waals surface area contributed by atoms with Gasteiger partial charge in [0.2, 0.25) is 0 Å². The van der Waals surface area contributed by atoms with Gasteiger partial charge in [0.05, 0.1) is 28.8 Å². The minimum absolute atomic E-state index is 0.495. The summed E-state index contributed by atoms with van der Waals surface area (Å²) in [5.74, 6) is 2.46. The molecule has 1 fully saturated rings. The molecule has 1 aliphatic heterocycles. The maximum Gasteiger partial charge on any atom is 0.163 e. The van der Waals surface area contributed by atoms with Gasteiger partial charge in [-0.2, -0.15) is 0 Å². The molecule has 1 aliphatic rings. The summed E-state index contributed by atoms with van der Waals surface area (Å²) >= 11 is 12.7. The van der Waals surface area contributed by atoms with Gasteiger partial charge in [0.1, 0.15) is 30.1 Å². The molecule has 1 saturated heterocycles. The SMILES string of the molecule is Clc1cccc(Cl)c1-c1nc2c(Nc3cc(N4CCOCC4)ncn3)ncnc2[nH]1. The molecule has 0 amide bonds. The van der Waals surface area contributed by atoms with Crippen molar-refractivity contribution in [2.75, 3.05) is 36.5 Å². The molecule has 0 radical (unpaired) electrons. The largest absolute Gasteiger partial charge is 0.378 e. The molecule has 0 spiro atoms. The Morgan fingerprint density at radius 3 is 2.57 bits per heavy atom. The van der Waals surface area contributed by atoms with Gasteiger partial charge in [-0.1, -0.05) is 29.3 Å². The van der Waals surface area contributed by atoms with Crippen molar-refractivity contribution in [3.05, 3.63) is 47.0 Å². The zero-order valence-corrected chi connectivity index (χ0v) is 17.2. The number of anilines is 3. The summed E-state index contributed by atoms with van der Waals surface area (Å²) in [5, 5.41) is 4.20. The zero-order valence-electron chi connectivity index (χ0n) is 15.6. The molecule has 0 aliphatic carbocycles. The van der Waals surface area contributed by atoms with Crippen LogP contribution in [0.3, 0.4) is 0 Å². The first-order valence-electron chi connectivity index (χ1n) is 9.26. The first kappa shape index (κ1) is 19.0. The normalized spacial score (nSPS) is 14.3. The second-order valence-corrected chi connectivity index (χ2v) is 7.40. The van der Waals surface area contributed by atoms with E-state index in [1.54, 1.807) is 18.2 Å². The minimum atomic E-state index is 0.495. The Hall–Kier alpha value is -3.01. The van der Waals surface area contributed by atoms with Crippen molar-refractivity contribution in [1.29, 1.82) is 0 Å². The van der Waals surface area contributed by atoms with E-state index in [0.29, 0.717) is 57.4 Å². The average Bonchev–Trinajstić information content (AvgIpc) is 3.19. The van der Waals surface area contributed by atoms with E-state index in [1.165, 1.54) is 12.7 Å². The van der Waals surface area contributed by atoms with Crippen molar-refractivity contribution >= 4 is 51.8 Å². The van der Waals surface area contributed by atoms with Gasteiger partial charge in [-0.3, -0.25) is 0 Å². The number of halogens is 2. The van der Waals surface area contributed by atoms with E-state index in [1.807, 2.05) is 6.07 Å². The second-order valence-electron chi connectivity index (χ2n) is 6.59. The maximum atomic E-state index is 6.33. The van der Waals surface area contributed by atoms with Gasteiger partial charge >= 0.3 is 0 Å². The first-order chi connectivity index (χ1) is 14.7. The van der Waals surface area contributed by atoms with E-state index in [0.717, 1.165) is 18.9 Å². The summed E-state index contributed by atoms with van der Waals surface area (Å²) in [6.45, 7) is 2.94. The third kappa shape index (κ3) is 3.62. The van der Waals surface area contributed by atoms with Crippen molar-refractivity contribution in [3.8, 4) is 11.4 Å². The standard InChI is InChI=1S/C19H16Cl2N8O/c20-11-2-1-3-12(21)15(11)17-27-16-18(24-10-25-19(16)28-17)26-13-8-14(23-9-22-13)29-4-6-30-7-5-29/h1-3,8-10H,4-7H2,(H2,22,23,24,25,26,27,28). The highest BCUT2D eigenvalue weighted by molar-refractivity contribution is 6.39. The second kappa shape index (κ2) is 8.02. The highest BCUT2D eigenvalue weighted by Crippen LogP contribution is 2.34. The molecule has 3 aromatic heterocycles. The Bertz CT molecular complexity index is 1190. The lowest BCUT2D eigenvalue weighted by atomic mass is 10.2. The Morgan fingerprint density at radius 2 is 1.77 bits per heavy atom. The summed E-state index contributed by atoms with van der Waals surface area (Å²) in [5.41, 5.74) is 1.72. The van der Waals surface area contributed by atoms with Crippen molar-refractivity contribution in [1.82, 2.24) is 29.9 Å². The van der Waals surface area contributed by atoms with Gasteiger partial charge in [-0.25, -0.2) is 24.9 Å². The fraction of sp³-hybridized carbons (Fsp3) is 0.211. The van der Waals surface area contributed by atoms with Crippen LogP contribution < -0.4 is 10.2 Å². The van der Waals surface area contributed by atoms with Crippen LogP contribution in [-0.2, 0) is 4.74 Å². The molecular formula is C19H16Cl2N8O. The third-order valence-corrected chi connectivity index (χ3v) is 5.35. The highest BCUT2D eigenvalue weighted by Gasteiger charge is 2.17. The zero-order chi connectivity index (χ0) is 20.5. The third-order valence-electron chi connectivity index (χ3n) is 4.72. The van der Waals surface area contributed by atoms with E-state index in [2.05, 4.69) is 40.1 Å². The summed E-state index contributed by atoms with van der Waals surface area (Å²) in [6.07, 6.45) is 2.97. The van der Waals surface area contributed by atoms with E-state index < -0.39 is 0 Å². The van der Waals surface area contributed by atoms with Gasteiger partial charge in [-0.05, 0) is 12.1 Å². The predicted octanol–water partition coefficient (Wildman–Crippen LogP) is 3.70. The number of benzene rings is 1. The van der Waals surface area contributed by atoms with Crippen LogP contribution in [0, 0.1) is 0 Å². The van der Waals surface area contributed by atoms with Crippen LogP contribution in [0.1, 0.15) is 0 Å². The summed E-state index contributed by atoms with van der Waals surface area (Å²) in [6, 6.07) is 7.17. The number of nitrogens with zero attached hydrogens (tertiary/aromatic N) is 6. The van der Waals surface area contributed by atoms with Gasteiger partial charge < -0.3 is 19.9 Å². The molecule has 0 bridgehead atoms. The van der Waals surface area contributed by atoms with E-state index in [9.17, 15) is 0 Å².